The maximum atomic E-state index is 12.5. The maximum Gasteiger partial charge on any atom is 0.243 e. The van der Waals surface area contributed by atoms with Gasteiger partial charge in [-0.1, -0.05) is 17.7 Å². The van der Waals surface area contributed by atoms with Gasteiger partial charge in [0, 0.05) is 25.7 Å². The van der Waals surface area contributed by atoms with Gasteiger partial charge in [-0.05, 0) is 38.8 Å². The number of aliphatic hydroxyl groups is 1. The molecule has 5 nitrogen and oxygen atoms in total. The molecule has 0 bridgehead atoms. The van der Waals surface area contributed by atoms with Crippen LogP contribution in [0.5, 0.6) is 0 Å². The molecular weight excluding hydrogens is 288 g/mol. The van der Waals surface area contributed by atoms with E-state index in [9.17, 15) is 13.5 Å². The zero-order valence-corrected chi connectivity index (χ0v) is 13.4. The summed E-state index contributed by atoms with van der Waals surface area (Å²) in [4.78, 5) is 0.364. The summed E-state index contributed by atoms with van der Waals surface area (Å²) in [5.74, 6) is 0. The van der Waals surface area contributed by atoms with Gasteiger partial charge in [0.1, 0.15) is 0 Å². The molecule has 118 valence electrons. The van der Waals surface area contributed by atoms with Crippen LogP contribution in [0.4, 0.5) is 0 Å². The second-order valence-corrected chi connectivity index (χ2v) is 7.69. The molecule has 1 aromatic rings. The number of benzene rings is 1. The van der Waals surface area contributed by atoms with Gasteiger partial charge < -0.3 is 10.4 Å². The molecule has 1 aliphatic heterocycles. The second-order valence-electron chi connectivity index (χ2n) is 5.75. The van der Waals surface area contributed by atoms with Gasteiger partial charge in [0.25, 0.3) is 0 Å². The molecular formula is C15H24N2O3S. The van der Waals surface area contributed by atoms with E-state index in [1.807, 2.05) is 19.1 Å². The van der Waals surface area contributed by atoms with Crippen molar-refractivity contribution in [2.75, 3.05) is 19.6 Å². The van der Waals surface area contributed by atoms with Crippen LogP contribution in [-0.2, 0) is 10.0 Å². The Hall–Kier alpha value is -0.950. The molecule has 21 heavy (non-hydrogen) atoms. The first-order chi connectivity index (χ1) is 9.89. The smallest absolute Gasteiger partial charge is 0.243 e. The summed E-state index contributed by atoms with van der Waals surface area (Å²) in [6.07, 6.45) is 1.18. The van der Waals surface area contributed by atoms with Crippen molar-refractivity contribution in [2.45, 2.75) is 43.7 Å². The number of hydrogen-bond acceptors (Lipinski definition) is 4. The lowest BCUT2D eigenvalue weighted by Crippen LogP contribution is -2.46. The molecule has 2 rings (SSSR count). The molecule has 1 heterocycles. The highest BCUT2D eigenvalue weighted by Crippen LogP contribution is 2.21. The van der Waals surface area contributed by atoms with Gasteiger partial charge in [-0.3, -0.25) is 0 Å². The first kappa shape index (κ1) is 16.4. The van der Waals surface area contributed by atoms with Crippen LogP contribution in [0.15, 0.2) is 29.2 Å². The van der Waals surface area contributed by atoms with E-state index in [-0.39, 0.29) is 12.1 Å². The molecule has 0 spiro atoms. The summed E-state index contributed by atoms with van der Waals surface area (Å²) in [6.45, 7) is 5.27. The predicted octanol–water partition coefficient (Wildman–Crippen LogP) is 1.12. The molecule has 1 saturated heterocycles. The normalized spacial score (nSPS) is 19.6. The lowest BCUT2D eigenvalue weighted by atomic mass is 10.1. The lowest BCUT2D eigenvalue weighted by molar-refractivity contribution is 0.177. The van der Waals surface area contributed by atoms with E-state index in [0.29, 0.717) is 24.5 Å². The fraction of sp³-hybridized carbons (Fsp3) is 0.600. The average Bonchev–Trinajstić information content (AvgIpc) is 2.46. The summed E-state index contributed by atoms with van der Waals surface area (Å²) in [5, 5.41) is 12.5. The number of nitrogens with one attached hydrogen (secondary N) is 1. The van der Waals surface area contributed by atoms with Crippen LogP contribution < -0.4 is 5.32 Å². The van der Waals surface area contributed by atoms with Crippen molar-refractivity contribution in [3.05, 3.63) is 29.8 Å². The van der Waals surface area contributed by atoms with Crippen molar-refractivity contribution >= 4 is 10.0 Å². The molecule has 6 heteroatoms. The van der Waals surface area contributed by atoms with E-state index in [0.717, 1.165) is 18.4 Å². The molecule has 0 amide bonds. The first-order valence-corrected chi connectivity index (χ1v) is 8.82. The number of piperidine rings is 1. The van der Waals surface area contributed by atoms with E-state index >= 15 is 0 Å². The highest BCUT2D eigenvalue weighted by atomic mass is 32.2. The third-order valence-corrected chi connectivity index (χ3v) is 5.73. The highest BCUT2D eigenvalue weighted by Gasteiger charge is 2.29. The Labute approximate surface area is 127 Å². The van der Waals surface area contributed by atoms with Gasteiger partial charge in [0.15, 0.2) is 0 Å². The number of aryl methyl sites for hydroxylation is 1. The Morgan fingerprint density at radius 2 is 1.86 bits per heavy atom. The summed E-state index contributed by atoms with van der Waals surface area (Å²) in [5.41, 5.74) is 1.05. The molecule has 1 aromatic carbocycles. The quantitative estimate of drug-likeness (QED) is 0.855. The first-order valence-electron chi connectivity index (χ1n) is 7.38. The van der Waals surface area contributed by atoms with E-state index in [4.69, 9.17) is 0 Å². The van der Waals surface area contributed by atoms with Crippen molar-refractivity contribution in [1.82, 2.24) is 9.62 Å². The Balaban J connectivity index is 1.96. The monoisotopic (exact) mass is 312 g/mol. The van der Waals surface area contributed by atoms with Crippen molar-refractivity contribution < 1.29 is 13.5 Å². The summed E-state index contributed by atoms with van der Waals surface area (Å²) in [7, 11) is -3.38. The third kappa shape index (κ3) is 4.26. The average molecular weight is 312 g/mol. The largest absolute Gasteiger partial charge is 0.392 e. The minimum absolute atomic E-state index is 0.282. The van der Waals surface area contributed by atoms with Crippen molar-refractivity contribution in [2.24, 2.45) is 0 Å². The number of rotatable bonds is 5. The van der Waals surface area contributed by atoms with Gasteiger partial charge in [-0.15, -0.1) is 0 Å². The van der Waals surface area contributed by atoms with Crippen LogP contribution in [0, 0.1) is 6.92 Å². The Morgan fingerprint density at radius 3 is 2.38 bits per heavy atom. The van der Waals surface area contributed by atoms with Crippen LogP contribution in [0.1, 0.15) is 25.3 Å². The van der Waals surface area contributed by atoms with Crippen LogP contribution in [0.2, 0.25) is 0 Å². The zero-order chi connectivity index (χ0) is 15.5. The van der Waals surface area contributed by atoms with Gasteiger partial charge in [0.05, 0.1) is 11.0 Å². The van der Waals surface area contributed by atoms with E-state index in [1.54, 1.807) is 23.4 Å². The topological polar surface area (TPSA) is 69.6 Å². The van der Waals surface area contributed by atoms with Gasteiger partial charge in [-0.25, -0.2) is 8.42 Å². The minimum Gasteiger partial charge on any atom is -0.392 e. The van der Waals surface area contributed by atoms with Gasteiger partial charge in [-0.2, -0.15) is 4.31 Å². The third-order valence-electron chi connectivity index (χ3n) is 3.81. The number of nitrogens with zero attached hydrogens (tertiary/aromatic N) is 1. The lowest BCUT2D eigenvalue weighted by Gasteiger charge is -2.32. The predicted molar refractivity (Wildman–Crippen MR) is 82.6 cm³/mol. The molecule has 1 atom stereocenters. The fourth-order valence-corrected chi connectivity index (χ4v) is 3.97. The van der Waals surface area contributed by atoms with Crippen molar-refractivity contribution in [1.29, 1.82) is 0 Å². The second kappa shape index (κ2) is 6.87. The molecule has 0 aliphatic carbocycles. The Bertz CT molecular complexity index is 547. The van der Waals surface area contributed by atoms with E-state index in [2.05, 4.69) is 5.32 Å². The number of hydrogen-bond donors (Lipinski definition) is 2. The molecule has 2 N–H and O–H groups in total. The van der Waals surface area contributed by atoms with Crippen LogP contribution in [-0.4, -0.2) is 49.6 Å². The summed E-state index contributed by atoms with van der Waals surface area (Å²) < 4.78 is 26.6. The van der Waals surface area contributed by atoms with Crippen LogP contribution >= 0.6 is 0 Å². The zero-order valence-electron chi connectivity index (χ0n) is 12.6. The molecule has 1 fully saturated rings. The molecule has 0 aromatic heterocycles. The standard InChI is InChI=1S/C15H24N2O3S/c1-12-3-5-15(6-4-12)21(19,20)17-9-7-14(8-10-17)16-11-13(2)18/h3-6,13-14,16,18H,7-11H2,1-2H3. The highest BCUT2D eigenvalue weighted by molar-refractivity contribution is 7.89. The van der Waals surface area contributed by atoms with Crippen LogP contribution in [0.3, 0.4) is 0 Å². The van der Waals surface area contributed by atoms with Crippen molar-refractivity contribution in [3.63, 3.8) is 0 Å². The fourth-order valence-electron chi connectivity index (χ4n) is 2.50. The number of aliphatic hydroxyl groups excluding tert-OH is 1. The van der Waals surface area contributed by atoms with Crippen LogP contribution in [0.25, 0.3) is 0 Å². The van der Waals surface area contributed by atoms with E-state index in [1.165, 1.54) is 0 Å². The van der Waals surface area contributed by atoms with Gasteiger partial charge >= 0.3 is 0 Å². The molecule has 1 aliphatic rings. The number of sulfonamides is 1. The van der Waals surface area contributed by atoms with Gasteiger partial charge in [0.2, 0.25) is 10.0 Å². The Kier molecular flexibility index (Phi) is 5.37. The Morgan fingerprint density at radius 1 is 1.29 bits per heavy atom. The van der Waals surface area contributed by atoms with E-state index < -0.39 is 10.0 Å². The SMILES string of the molecule is Cc1ccc(S(=O)(=O)N2CCC(NCC(C)O)CC2)cc1. The summed E-state index contributed by atoms with van der Waals surface area (Å²) >= 11 is 0. The minimum atomic E-state index is -3.38. The molecule has 1 unspecified atom stereocenters. The molecule has 0 radical (unpaired) electrons. The maximum absolute atomic E-state index is 12.5. The summed E-state index contributed by atoms with van der Waals surface area (Å²) in [6, 6.07) is 7.27. The molecule has 0 saturated carbocycles. The van der Waals surface area contributed by atoms with Crippen molar-refractivity contribution in [3.8, 4) is 0 Å².